The molecule has 13 heavy (non-hydrogen) atoms. The molecule has 0 unspecified atom stereocenters. The highest BCUT2D eigenvalue weighted by Gasteiger charge is 2.06. The SMILES string of the molecule is CCc1cc(C)cc(OC)c1CC. The molecular formula is C12H18O. The summed E-state index contributed by atoms with van der Waals surface area (Å²) < 4.78 is 5.36. The largest absolute Gasteiger partial charge is 0.496 e. The van der Waals surface area contributed by atoms with Gasteiger partial charge in [-0.1, -0.05) is 19.9 Å². The van der Waals surface area contributed by atoms with E-state index in [0.717, 1.165) is 18.6 Å². The molecule has 0 aliphatic heterocycles. The van der Waals surface area contributed by atoms with Crippen LogP contribution in [0.15, 0.2) is 12.1 Å². The maximum Gasteiger partial charge on any atom is 0.122 e. The predicted molar refractivity (Wildman–Crippen MR) is 56.5 cm³/mol. The number of ether oxygens (including phenoxy) is 1. The van der Waals surface area contributed by atoms with Gasteiger partial charge in [0.2, 0.25) is 0 Å². The topological polar surface area (TPSA) is 9.23 Å². The zero-order valence-corrected chi connectivity index (χ0v) is 8.98. The van der Waals surface area contributed by atoms with Crippen LogP contribution in [0.3, 0.4) is 0 Å². The molecule has 0 fully saturated rings. The third kappa shape index (κ3) is 2.03. The lowest BCUT2D eigenvalue weighted by molar-refractivity contribution is 0.409. The van der Waals surface area contributed by atoms with E-state index in [-0.39, 0.29) is 0 Å². The van der Waals surface area contributed by atoms with Gasteiger partial charge < -0.3 is 4.74 Å². The first kappa shape index (κ1) is 10.1. The number of hydrogen-bond donors (Lipinski definition) is 0. The van der Waals surface area contributed by atoms with Crippen LogP contribution in [0.2, 0.25) is 0 Å². The molecular weight excluding hydrogens is 160 g/mol. The molecule has 0 spiro atoms. The second-order valence-corrected chi connectivity index (χ2v) is 3.31. The van der Waals surface area contributed by atoms with Gasteiger partial charge in [-0.2, -0.15) is 0 Å². The predicted octanol–water partition coefficient (Wildman–Crippen LogP) is 3.13. The van der Waals surface area contributed by atoms with Crippen LogP contribution in [0.25, 0.3) is 0 Å². The second-order valence-electron chi connectivity index (χ2n) is 3.31. The summed E-state index contributed by atoms with van der Waals surface area (Å²) in [5, 5.41) is 0. The first-order valence-corrected chi connectivity index (χ1v) is 4.89. The number of methoxy groups -OCH3 is 1. The minimum absolute atomic E-state index is 1.04. The van der Waals surface area contributed by atoms with Crippen molar-refractivity contribution in [3.05, 3.63) is 28.8 Å². The van der Waals surface area contributed by atoms with Crippen molar-refractivity contribution in [3.8, 4) is 5.75 Å². The Labute approximate surface area is 80.7 Å². The van der Waals surface area contributed by atoms with E-state index in [1.165, 1.54) is 16.7 Å². The molecule has 1 heteroatoms. The average molecular weight is 178 g/mol. The fourth-order valence-corrected chi connectivity index (χ4v) is 1.75. The summed E-state index contributed by atoms with van der Waals surface area (Å²) in [6, 6.07) is 4.36. The van der Waals surface area contributed by atoms with Crippen LogP contribution in [-0.2, 0) is 12.8 Å². The molecule has 0 aliphatic carbocycles. The van der Waals surface area contributed by atoms with Crippen molar-refractivity contribution in [2.75, 3.05) is 7.11 Å². The van der Waals surface area contributed by atoms with E-state index in [2.05, 4.69) is 32.9 Å². The summed E-state index contributed by atoms with van der Waals surface area (Å²) in [7, 11) is 1.74. The van der Waals surface area contributed by atoms with Crippen molar-refractivity contribution in [2.45, 2.75) is 33.6 Å². The molecule has 0 amide bonds. The molecule has 0 N–H and O–H groups in total. The monoisotopic (exact) mass is 178 g/mol. The van der Waals surface area contributed by atoms with Crippen LogP contribution < -0.4 is 4.74 Å². The maximum absolute atomic E-state index is 5.36. The maximum atomic E-state index is 5.36. The van der Waals surface area contributed by atoms with Crippen LogP contribution in [0.4, 0.5) is 0 Å². The molecule has 0 saturated carbocycles. The number of rotatable bonds is 3. The number of hydrogen-bond acceptors (Lipinski definition) is 1. The average Bonchev–Trinajstić information content (AvgIpc) is 2.16. The third-order valence-corrected chi connectivity index (χ3v) is 2.40. The molecule has 1 aromatic carbocycles. The summed E-state index contributed by atoms with van der Waals surface area (Å²) in [5.74, 6) is 1.04. The zero-order chi connectivity index (χ0) is 9.84. The van der Waals surface area contributed by atoms with Crippen molar-refractivity contribution in [1.82, 2.24) is 0 Å². The summed E-state index contributed by atoms with van der Waals surface area (Å²) in [4.78, 5) is 0. The third-order valence-electron chi connectivity index (χ3n) is 2.40. The molecule has 0 aliphatic rings. The summed E-state index contributed by atoms with van der Waals surface area (Å²) in [6.45, 7) is 6.47. The van der Waals surface area contributed by atoms with E-state index < -0.39 is 0 Å². The Bertz CT molecular complexity index is 264. The van der Waals surface area contributed by atoms with Gasteiger partial charge >= 0.3 is 0 Å². The van der Waals surface area contributed by atoms with E-state index in [9.17, 15) is 0 Å². The molecule has 0 saturated heterocycles. The lowest BCUT2D eigenvalue weighted by Gasteiger charge is -2.12. The first-order chi connectivity index (χ1) is 6.22. The Balaban J connectivity index is 3.25. The highest BCUT2D eigenvalue weighted by molar-refractivity contribution is 5.43. The van der Waals surface area contributed by atoms with E-state index in [1.54, 1.807) is 7.11 Å². The summed E-state index contributed by atoms with van der Waals surface area (Å²) in [6.07, 6.45) is 2.13. The molecule has 1 rings (SSSR count). The fourth-order valence-electron chi connectivity index (χ4n) is 1.75. The fraction of sp³-hybridized carbons (Fsp3) is 0.500. The molecule has 0 bridgehead atoms. The minimum Gasteiger partial charge on any atom is -0.496 e. The Morgan fingerprint density at radius 3 is 2.31 bits per heavy atom. The molecule has 1 aromatic rings. The van der Waals surface area contributed by atoms with Gasteiger partial charge in [0.25, 0.3) is 0 Å². The summed E-state index contributed by atoms with van der Waals surface area (Å²) in [5.41, 5.74) is 4.06. The van der Waals surface area contributed by atoms with Crippen molar-refractivity contribution in [2.24, 2.45) is 0 Å². The molecule has 72 valence electrons. The van der Waals surface area contributed by atoms with Gasteiger partial charge in [0.1, 0.15) is 5.75 Å². The highest BCUT2D eigenvalue weighted by atomic mass is 16.5. The van der Waals surface area contributed by atoms with E-state index in [0.29, 0.717) is 0 Å². The Kier molecular flexibility index (Phi) is 3.35. The summed E-state index contributed by atoms with van der Waals surface area (Å²) >= 11 is 0. The van der Waals surface area contributed by atoms with Gasteiger partial charge in [-0.15, -0.1) is 0 Å². The molecule has 0 radical (unpaired) electrons. The lowest BCUT2D eigenvalue weighted by atomic mass is 9.99. The number of benzene rings is 1. The first-order valence-electron chi connectivity index (χ1n) is 4.89. The quantitative estimate of drug-likeness (QED) is 0.691. The van der Waals surface area contributed by atoms with Crippen LogP contribution in [0, 0.1) is 6.92 Å². The zero-order valence-electron chi connectivity index (χ0n) is 8.98. The van der Waals surface area contributed by atoms with Crippen LogP contribution in [0.1, 0.15) is 30.5 Å². The number of aryl methyl sites for hydroxylation is 2. The van der Waals surface area contributed by atoms with Crippen molar-refractivity contribution >= 4 is 0 Å². The Hall–Kier alpha value is -0.980. The molecule has 0 aromatic heterocycles. The van der Waals surface area contributed by atoms with Gasteiger partial charge in [0, 0.05) is 0 Å². The standard InChI is InChI=1S/C12H18O/c1-5-10-7-9(3)8-12(13-4)11(10)6-2/h7-8H,5-6H2,1-4H3. The smallest absolute Gasteiger partial charge is 0.122 e. The van der Waals surface area contributed by atoms with Crippen LogP contribution in [0.5, 0.6) is 5.75 Å². The van der Waals surface area contributed by atoms with Crippen LogP contribution in [-0.4, -0.2) is 7.11 Å². The van der Waals surface area contributed by atoms with Crippen LogP contribution >= 0.6 is 0 Å². The molecule has 0 atom stereocenters. The van der Waals surface area contributed by atoms with Gasteiger partial charge in [-0.3, -0.25) is 0 Å². The van der Waals surface area contributed by atoms with Gasteiger partial charge in [0.05, 0.1) is 7.11 Å². The van der Waals surface area contributed by atoms with Crippen molar-refractivity contribution in [3.63, 3.8) is 0 Å². The molecule has 1 nitrogen and oxygen atoms in total. The van der Waals surface area contributed by atoms with E-state index >= 15 is 0 Å². The van der Waals surface area contributed by atoms with E-state index in [1.807, 2.05) is 0 Å². The lowest BCUT2D eigenvalue weighted by Crippen LogP contribution is -1.97. The Morgan fingerprint density at radius 1 is 1.15 bits per heavy atom. The van der Waals surface area contributed by atoms with Gasteiger partial charge in [-0.05, 0) is 42.5 Å². The van der Waals surface area contributed by atoms with Crippen molar-refractivity contribution < 1.29 is 4.74 Å². The second kappa shape index (κ2) is 4.31. The van der Waals surface area contributed by atoms with Gasteiger partial charge in [-0.25, -0.2) is 0 Å². The Morgan fingerprint density at radius 2 is 1.85 bits per heavy atom. The van der Waals surface area contributed by atoms with Gasteiger partial charge in [0.15, 0.2) is 0 Å². The highest BCUT2D eigenvalue weighted by Crippen LogP contribution is 2.25. The minimum atomic E-state index is 1.04. The molecule has 0 heterocycles. The van der Waals surface area contributed by atoms with E-state index in [4.69, 9.17) is 4.74 Å². The van der Waals surface area contributed by atoms with Crippen molar-refractivity contribution in [1.29, 1.82) is 0 Å². The normalized spacial score (nSPS) is 10.2.